The van der Waals surface area contributed by atoms with Gasteiger partial charge in [0.25, 0.3) is 0 Å². The molecule has 0 atom stereocenters. The first-order valence-electron chi connectivity index (χ1n) is 7.05. The van der Waals surface area contributed by atoms with Gasteiger partial charge in [0.15, 0.2) is 0 Å². The molecule has 0 aromatic carbocycles. The van der Waals surface area contributed by atoms with Crippen LogP contribution in [0.1, 0.15) is 80.6 Å². The molecule has 0 fully saturated rings. The molecule has 0 unspecified atom stereocenters. The smallest absolute Gasteiger partial charge is 0.0280 e. The van der Waals surface area contributed by atoms with Crippen LogP contribution in [-0.4, -0.2) is 0 Å². The van der Waals surface area contributed by atoms with E-state index in [1.54, 1.807) is 16.7 Å². The van der Waals surface area contributed by atoms with Crippen LogP contribution in [0.5, 0.6) is 0 Å². The summed E-state index contributed by atoms with van der Waals surface area (Å²) in [6, 6.07) is 0. The Labute approximate surface area is 104 Å². The van der Waals surface area contributed by atoms with Gasteiger partial charge >= 0.3 is 0 Å². The molecule has 0 heteroatoms. The van der Waals surface area contributed by atoms with Gasteiger partial charge in [-0.25, -0.2) is 0 Å². The summed E-state index contributed by atoms with van der Waals surface area (Å²) in [6.45, 7) is 15.2. The molecule has 0 spiro atoms. The molecule has 0 rings (SSSR count). The fourth-order valence-corrected chi connectivity index (χ4v) is 1.85. The molecule has 0 aromatic rings. The molecule has 0 amide bonds. The number of hydrogen-bond acceptors (Lipinski definition) is 0. The van der Waals surface area contributed by atoms with E-state index in [0.717, 1.165) is 0 Å². The highest BCUT2D eigenvalue weighted by Gasteiger charge is 2.04. The third kappa shape index (κ3) is 6.87. The molecule has 0 aromatic heterocycles. The number of hydrogen-bond donors (Lipinski definition) is 0. The molecule has 96 valence electrons. The van der Waals surface area contributed by atoms with Gasteiger partial charge in [0.1, 0.15) is 0 Å². The number of rotatable bonds is 6. The van der Waals surface area contributed by atoms with Gasteiger partial charge in [0.05, 0.1) is 0 Å². The minimum absolute atomic E-state index is 1.18. The van der Waals surface area contributed by atoms with Gasteiger partial charge in [-0.1, -0.05) is 52.7 Å². The lowest BCUT2D eigenvalue weighted by atomic mass is 9.93. The van der Waals surface area contributed by atoms with Crippen molar-refractivity contribution in [3.63, 3.8) is 0 Å². The Kier molecular flexibility index (Phi) is 14.0. The molecule has 0 aliphatic heterocycles. The van der Waals surface area contributed by atoms with E-state index in [1.165, 1.54) is 32.1 Å². The predicted octanol–water partition coefficient (Wildman–Crippen LogP) is 6.29. The van der Waals surface area contributed by atoms with Crippen molar-refractivity contribution in [3.05, 3.63) is 22.8 Å². The molecular weight excluding hydrogens is 192 g/mol. The standard InChI is InChI=1S/C14H26.C2H6/c1-6-10-11-13(8-3)14(9-4)12(5)7-2;1-2/h8H,6-7,9-11H2,1-5H3;1-2H3/b13-8-,14-12+;. The van der Waals surface area contributed by atoms with Crippen molar-refractivity contribution < 1.29 is 0 Å². The molecule has 0 N–H and O–H groups in total. The van der Waals surface area contributed by atoms with Crippen LogP contribution in [0.2, 0.25) is 0 Å². The highest BCUT2D eigenvalue weighted by Crippen LogP contribution is 2.24. The Morgan fingerprint density at radius 3 is 1.88 bits per heavy atom. The maximum Gasteiger partial charge on any atom is -0.0280 e. The zero-order valence-corrected chi connectivity index (χ0v) is 12.6. The van der Waals surface area contributed by atoms with E-state index < -0.39 is 0 Å². The summed E-state index contributed by atoms with van der Waals surface area (Å²) in [5.41, 5.74) is 4.74. The van der Waals surface area contributed by atoms with Gasteiger partial charge in [-0.2, -0.15) is 0 Å². The summed E-state index contributed by atoms with van der Waals surface area (Å²) in [7, 11) is 0. The van der Waals surface area contributed by atoms with Crippen LogP contribution < -0.4 is 0 Å². The highest BCUT2D eigenvalue weighted by atomic mass is 14.1. The lowest BCUT2D eigenvalue weighted by Gasteiger charge is -2.13. The van der Waals surface area contributed by atoms with E-state index in [2.05, 4.69) is 40.7 Å². The van der Waals surface area contributed by atoms with E-state index in [9.17, 15) is 0 Å². The summed E-state index contributed by atoms with van der Waals surface area (Å²) >= 11 is 0. The highest BCUT2D eigenvalue weighted by molar-refractivity contribution is 5.34. The molecule has 0 radical (unpaired) electrons. The second kappa shape index (κ2) is 12.5. The lowest BCUT2D eigenvalue weighted by molar-refractivity contribution is 0.779. The molecule has 0 bridgehead atoms. The van der Waals surface area contributed by atoms with Crippen LogP contribution >= 0.6 is 0 Å². The van der Waals surface area contributed by atoms with Crippen molar-refractivity contribution in [2.24, 2.45) is 0 Å². The zero-order valence-electron chi connectivity index (χ0n) is 12.6. The van der Waals surface area contributed by atoms with Crippen LogP contribution in [-0.2, 0) is 0 Å². The average Bonchev–Trinajstić information content (AvgIpc) is 2.36. The van der Waals surface area contributed by atoms with Crippen LogP contribution in [0.25, 0.3) is 0 Å². The molecular formula is C16H32. The first-order chi connectivity index (χ1) is 7.71. The normalized spacial score (nSPS) is 12.8. The molecule has 0 aliphatic rings. The molecule has 0 nitrogen and oxygen atoms in total. The maximum atomic E-state index is 2.30. The molecule has 0 saturated heterocycles. The van der Waals surface area contributed by atoms with Gasteiger partial charge in [-0.3, -0.25) is 0 Å². The van der Waals surface area contributed by atoms with Crippen LogP contribution in [0.3, 0.4) is 0 Å². The van der Waals surface area contributed by atoms with E-state index in [-0.39, 0.29) is 0 Å². The number of allylic oxidation sites excluding steroid dienone is 4. The third-order valence-corrected chi connectivity index (χ3v) is 2.93. The fourth-order valence-electron chi connectivity index (χ4n) is 1.85. The van der Waals surface area contributed by atoms with Crippen molar-refractivity contribution in [2.45, 2.75) is 80.6 Å². The minimum Gasteiger partial charge on any atom is -0.0842 e. The van der Waals surface area contributed by atoms with E-state index in [4.69, 9.17) is 0 Å². The van der Waals surface area contributed by atoms with Gasteiger partial charge in [0, 0.05) is 0 Å². The second-order valence-corrected chi connectivity index (χ2v) is 3.88. The maximum absolute atomic E-state index is 2.30. The van der Waals surface area contributed by atoms with Crippen molar-refractivity contribution in [2.75, 3.05) is 0 Å². The minimum atomic E-state index is 1.18. The van der Waals surface area contributed by atoms with E-state index in [1.807, 2.05) is 13.8 Å². The Balaban J connectivity index is 0. The van der Waals surface area contributed by atoms with Crippen LogP contribution in [0.4, 0.5) is 0 Å². The summed E-state index contributed by atoms with van der Waals surface area (Å²) in [4.78, 5) is 0. The van der Waals surface area contributed by atoms with Crippen LogP contribution in [0, 0.1) is 0 Å². The first-order valence-corrected chi connectivity index (χ1v) is 7.05. The lowest BCUT2D eigenvalue weighted by Crippen LogP contribution is -1.93. The molecule has 0 aliphatic carbocycles. The fraction of sp³-hybridized carbons (Fsp3) is 0.750. The molecule has 0 saturated carbocycles. The topological polar surface area (TPSA) is 0 Å². The van der Waals surface area contributed by atoms with Gasteiger partial charge < -0.3 is 0 Å². The van der Waals surface area contributed by atoms with E-state index in [0.29, 0.717) is 0 Å². The Hall–Kier alpha value is -0.520. The van der Waals surface area contributed by atoms with Gasteiger partial charge in [-0.05, 0) is 50.7 Å². The number of unbranched alkanes of at least 4 members (excludes halogenated alkanes) is 1. The van der Waals surface area contributed by atoms with Crippen molar-refractivity contribution in [3.8, 4) is 0 Å². The average molecular weight is 224 g/mol. The quantitative estimate of drug-likeness (QED) is 0.465. The summed E-state index contributed by atoms with van der Waals surface area (Å²) in [6.07, 6.45) is 8.54. The third-order valence-electron chi connectivity index (χ3n) is 2.93. The van der Waals surface area contributed by atoms with Gasteiger partial charge in [-0.15, -0.1) is 0 Å². The Morgan fingerprint density at radius 2 is 1.56 bits per heavy atom. The van der Waals surface area contributed by atoms with E-state index >= 15 is 0 Å². The van der Waals surface area contributed by atoms with Gasteiger partial charge in [0.2, 0.25) is 0 Å². The molecule has 0 heterocycles. The Bertz CT molecular complexity index is 206. The summed E-state index contributed by atoms with van der Waals surface area (Å²) < 4.78 is 0. The predicted molar refractivity (Wildman–Crippen MR) is 77.9 cm³/mol. The largest absolute Gasteiger partial charge is 0.0842 e. The molecule has 16 heavy (non-hydrogen) atoms. The SMILES string of the molecule is C/C=C(CCCC)\C(CC)=C(/C)CC.CC. The Morgan fingerprint density at radius 1 is 1.00 bits per heavy atom. The summed E-state index contributed by atoms with van der Waals surface area (Å²) in [5, 5.41) is 0. The monoisotopic (exact) mass is 224 g/mol. The zero-order chi connectivity index (χ0) is 13.0. The van der Waals surface area contributed by atoms with Crippen molar-refractivity contribution in [1.82, 2.24) is 0 Å². The second-order valence-electron chi connectivity index (χ2n) is 3.88. The van der Waals surface area contributed by atoms with Crippen molar-refractivity contribution in [1.29, 1.82) is 0 Å². The summed E-state index contributed by atoms with van der Waals surface area (Å²) in [5.74, 6) is 0. The first kappa shape index (κ1) is 17.9. The van der Waals surface area contributed by atoms with Crippen molar-refractivity contribution >= 4 is 0 Å². The van der Waals surface area contributed by atoms with Crippen LogP contribution in [0.15, 0.2) is 22.8 Å².